The fraction of sp³-hybridized carbons (Fsp3) is 0.579. The van der Waals surface area contributed by atoms with Crippen molar-refractivity contribution in [2.24, 2.45) is 0 Å². The van der Waals surface area contributed by atoms with Gasteiger partial charge < -0.3 is 20.0 Å². The van der Waals surface area contributed by atoms with Crippen LogP contribution in [-0.4, -0.2) is 68.6 Å². The first kappa shape index (κ1) is 20.4. The van der Waals surface area contributed by atoms with Crippen LogP contribution in [0.2, 0.25) is 10.0 Å². The van der Waals surface area contributed by atoms with Crippen LogP contribution in [0.3, 0.4) is 0 Å². The van der Waals surface area contributed by atoms with Crippen LogP contribution in [0, 0.1) is 0 Å². The van der Waals surface area contributed by atoms with Crippen LogP contribution in [0.15, 0.2) is 18.2 Å². The molecule has 2 heterocycles. The van der Waals surface area contributed by atoms with Gasteiger partial charge in [0.15, 0.2) is 12.6 Å². The standard InChI is InChI=1S/C19H26Cl2N4O2/c1-14(19(27)22-17-11-15(20)10-16(21)12-17)24-8-6-23(7-9-24)13-18(26)25-4-2-3-5-25/h10-12,14H,2-9,13H2,1H3,(H,22,27)/p+2/t14-/m1/s1. The van der Waals surface area contributed by atoms with Crippen molar-refractivity contribution in [3.63, 3.8) is 0 Å². The molecule has 2 saturated heterocycles. The summed E-state index contributed by atoms with van der Waals surface area (Å²) >= 11 is 12.0. The van der Waals surface area contributed by atoms with Crippen LogP contribution in [-0.2, 0) is 9.59 Å². The number of hydrogen-bond donors (Lipinski definition) is 3. The number of piperazine rings is 1. The number of hydrogen-bond acceptors (Lipinski definition) is 2. The summed E-state index contributed by atoms with van der Waals surface area (Å²) in [6.45, 7) is 7.93. The third-order valence-electron chi connectivity index (χ3n) is 5.60. The predicted molar refractivity (Wildman–Crippen MR) is 107 cm³/mol. The van der Waals surface area contributed by atoms with E-state index in [9.17, 15) is 9.59 Å². The Morgan fingerprint density at radius 3 is 2.26 bits per heavy atom. The molecule has 1 aromatic rings. The quantitative estimate of drug-likeness (QED) is 0.620. The molecule has 0 aliphatic carbocycles. The zero-order valence-electron chi connectivity index (χ0n) is 15.7. The molecule has 3 rings (SSSR count). The first-order valence-corrected chi connectivity index (χ1v) is 10.4. The predicted octanol–water partition coefficient (Wildman–Crippen LogP) is -0.274. The number of carbonyl (C=O) groups is 2. The van der Waals surface area contributed by atoms with E-state index in [1.165, 1.54) is 9.80 Å². The van der Waals surface area contributed by atoms with Crippen LogP contribution in [0.1, 0.15) is 19.8 Å². The molecule has 0 bridgehead atoms. The summed E-state index contributed by atoms with van der Waals surface area (Å²) in [4.78, 5) is 29.4. The third kappa shape index (κ3) is 5.57. The maximum atomic E-state index is 12.6. The first-order chi connectivity index (χ1) is 12.9. The fourth-order valence-corrected chi connectivity index (χ4v) is 4.41. The van der Waals surface area contributed by atoms with Crippen molar-refractivity contribution in [2.75, 3.05) is 51.1 Å². The number of quaternary nitrogens is 2. The fourth-order valence-electron chi connectivity index (χ4n) is 3.89. The highest BCUT2D eigenvalue weighted by Gasteiger charge is 2.32. The molecule has 2 aliphatic rings. The van der Waals surface area contributed by atoms with Crippen molar-refractivity contribution < 1.29 is 19.4 Å². The Morgan fingerprint density at radius 2 is 1.67 bits per heavy atom. The summed E-state index contributed by atoms with van der Waals surface area (Å²) in [5.74, 6) is 0.231. The topological polar surface area (TPSA) is 58.3 Å². The molecule has 0 saturated carbocycles. The Balaban J connectivity index is 1.46. The summed E-state index contributed by atoms with van der Waals surface area (Å²) in [6, 6.07) is 4.86. The summed E-state index contributed by atoms with van der Waals surface area (Å²) in [5.41, 5.74) is 0.615. The molecule has 6 nitrogen and oxygen atoms in total. The number of amides is 2. The number of anilines is 1. The second kappa shape index (κ2) is 9.24. The second-order valence-electron chi connectivity index (χ2n) is 7.54. The van der Waals surface area contributed by atoms with Crippen LogP contribution in [0.25, 0.3) is 0 Å². The highest BCUT2D eigenvalue weighted by molar-refractivity contribution is 6.35. The van der Waals surface area contributed by atoms with Gasteiger partial charge in [-0.3, -0.25) is 9.59 Å². The van der Waals surface area contributed by atoms with Crippen LogP contribution < -0.4 is 15.1 Å². The second-order valence-corrected chi connectivity index (χ2v) is 8.41. The molecule has 2 fully saturated rings. The zero-order valence-corrected chi connectivity index (χ0v) is 17.2. The van der Waals surface area contributed by atoms with Crippen molar-refractivity contribution in [3.8, 4) is 0 Å². The van der Waals surface area contributed by atoms with Crippen LogP contribution >= 0.6 is 23.2 Å². The highest BCUT2D eigenvalue weighted by Crippen LogP contribution is 2.22. The minimum absolute atomic E-state index is 0.0417. The first-order valence-electron chi connectivity index (χ1n) is 9.65. The third-order valence-corrected chi connectivity index (χ3v) is 6.03. The van der Waals surface area contributed by atoms with Crippen LogP contribution in [0.5, 0.6) is 0 Å². The number of likely N-dealkylation sites (tertiary alicyclic amines) is 1. The van der Waals surface area contributed by atoms with E-state index in [0.717, 1.165) is 52.1 Å². The van der Waals surface area contributed by atoms with E-state index < -0.39 is 0 Å². The van der Waals surface area contributed by atoms with Gasteiger partial charge >= 0.3 is 0 Å². The van der Waals surface area contributed by atoms with E-state index in [2.05, 4.69) is 5.32 Å². The number of nitrogens with one attached hydrogen (secondary N) is 3. The van der Waals surface area contributed by atoms with Crippen molar-refractivity contribution in [2.45, 2.75) is 25.8 Å². The number of rotatable bonds is 5. The van der Waals surface area contributed by atoms with Gasteiger partial charge in [-0.25, -0.2) is 0 Å². The number of halogens is 2. The summed E-state index contributed by atoms with van der Waals surface area (Å²) in [7, 11) is 0. The highest BCUT2D eigenvalue weighted by atomic mass is 35.5. The smallest absolute Gasteiger partial charge is 0.282 e. The molecule has 0 radical (unpaired) electrons. The lowest BCUT2D eigenvalue weighted by molar-refractivity contribution is -1.01. The molecule has 27 heavy (non-hydrogen) atoms. The number of benzene rings is 1. The molecular formula is C19H28Cl2N4O2+2. The molecule has 8 heteroatoms. The van der Waals surface area contributed by atoms with Gasteiger partial charge in [-0.1, -0.05) is 23.2 Å². The Hall–Kier alpha value is -1.34. The van der Waals surface area contributed by atoms with Crippen molar-refractivity contribution in [3.05, 3.63) is 28.2 Å². The summed E-state index contributed by atoms with van der Waals surface area (Å²) < 4.78 is 0. The minimum atomic E-state index is -0.168. The average molecular weight is 415 g/mol. The minimum Gasteiger partial charge on any atom is -0.338 e. The van der Waals surface area contributed by atoms with E-state index in [-0.39, 0.29) is 17.9 Å². The molecule has 2 amide bonds. The van der Waals surface area contributed by atoms with Gasteiger partial charge in [0.2, 0.25) is 0 Å². The molecule has 1 aromatic carbocycles. The van der Waals surface area contributed by atoms with Gasteiger partial charge in [0.25, 0.3) is 11.8 Å². The Morgan fingerprint density at radius 1 is 1.07 bits per heavy atom. The monoisotopic (exact) mass is 414 g/mol. The molecule has 0 spiro atoms. The molecule has 0 unspecified atom stereocenters. The Labute approximate surface area is 170 Å². The largest absolute Gasteiger partial charge is 0.338 e. The Kier molecular flexibility index (Phi) is 6.98. The maximum Gasteiger partial charge on any atom is 0.282 e. The van der Waals surface area contributed by atoms with E-state index in [1.807, 2.05) is 11.8 Å². The van der Waals surface area contributed by atoms with Crippen molar-refractivity contribution in [1.29, 1.82) is 0 Å². The van der Waals surface area contributed by atoms with Crippen molar-refractivity contribution in [1.82, 2.24) is 4.90 Å². The van der Waals surface area contributed by atoms with E-state index in [4.69, 9.17) is 23.2 Å². The van der Waals surface area contributed by atoms with E-state index in [0.29, 0.717) is 22.3 Å². The van der Waals surface area contributed by atoms with Gasteiger partial charge in [0, 0.05) is 28.8 Å². The molecule has 1 atom stereocenters. The van der Waals surface area contributed by atoms with Gasteiger partial charge in [-0.15, -0.1) is 0 Å². The lowest BCUT2D eigenvalue weighted by Crippen LogP contribution is -3.30. The molecule has 148 valence electrons. The maximum absolute atomic E-state index is 12.6. The van der Waals surface area contributed by atoms with Gasteiger partial charge in [0.1, 0.15) is 26.2 Å². The lowest BCUT2D eigenvalue weighted by Gasteiger charge is -2.32. The zero-order chi connectivity index (χ0) is 19.4. The van der Waals surface area contributed by atoms with E-state index in [1.54, 1.807) is 18.2 Å². The molecule has 3 N–H and O–H groups in total. The molecule has 2 aliphatic heterocycles. The van der Waals surface area contributed by atoms with Crippen LogP contribution in [0.4, 0.5) is 5.69 Å². The van der Waals surface area contributed by atoms with Gasteiger partial charge in [-0.2, -0.15) is 0 Å². The van der Waals surface area contributed by atoms with Crippen molar-refractivity contribution >= 4 is 40.7 Å². The Bertz CT molecular complexity index is 666. The number of nitrogens with zero attached hydrogens (tertiary/aromatic N) is 1. The SMILES string of the molecule is C[C@H](C(=O)Nc1cc(Cl)cc(Cl)c1)[NH+]1CC[NH+](CC(=O)N2CCCC2)CC1. The van der Waals surface area contributed by atoms with Gasteiger partial charge in [-0.05, 0) is 38.0 Å². The van der Waals surface area contributed by atoms with E-state index >= 15 is 0 Å². The normalized spacial score (nSPS) is 23.9. The average Bonchev–Trinajstić information content (AvgIpc) is 3.15. The molecular weight excluding hydrogens is 387 g/mol. The summed E-state index contributed by atoms with van der Waals surface area (Å²) in [5, 5.41) is 3.90. The number of carbonyl (C=O) groups excluding carboxylic acids is 2. The lowest BCUT2D eigenvalue weighted by atomic mass is 10.2. The summed E-state index contributed by atoms with van der Waals surface area (Å²) in [6.07, 6.45) is 2.26. The molecule has 0 aromatic heterocycles. The van der Waals surface area contributed by atoms with Gasteiger partial charge in [0.05, 0.1) is 0 Å².